The second-order valence-corrected chi connectivity index (χ2v) is 6.39. The van der Waals surface area contributed by atoms with Crippen molar-refractivity contribution in [3.8, 4) is 0 Å². The number of methoxy groups -OCH3 is 3. The Morgan fingerprint density at radius 2 is 1.62 bits per heavy atom. The van der Waals surface area contributed by atoms with Gasteiger partial charge >= 0.3 is 12.1 Å². The summed E-state index contributed by atoms with van der Waals surface area (Å²) in [6, 6.07) is 9.35. The van der Waals surface area contributed by atoms with E-state index in [0.29, 0.717) is 25.7 Å². The quantitative estimate of drug-likeness (QED) is 0.616. The largest absolute Gasteiger partial charge is 0.467 e. The van der Waals surface area contributed by atoms with E-state index in [9.17, 15) is 9.59 Å². The van der Waals surface area contributed by atoms with Gasteiger partial charge in [0, 0.05) is 14.2 Å². The highest BCUT2D eigenvalue weighted by Crippen LogP contribution is 2.31. The minimum atomic E-state index is -1.15. The molecule has 0 saturated heterocycles. The Labute approximate surface area is 153 Å². The summed E-state index contributed by atoms with van der Waals surface area (Å²) in [5.74, 6) is -0.485. The van der Waals surface area contributed by atoms with Gasteiger partial charge in [0.15, 0.2) is 0 Å². The molecule has 0 radical (unpaired) electrons. The zero-order chi connectivity index (χ0) is 19.0. The van der Waals surface area contributed by atoms with Crippen molar-refractivity contribution in [3.63, 3.8) is 0 Å². The van der Waals surface area contributed by atoms with E-state index >= 15 is 0 Å². The summed E-state index contributed by atoms with van der Waals surface area (Å²) < 4.78 is 21.2. The molecule has 1 aromatic rings. The Kier molecular flexibility index (Phi) is 7.41. The molecule has 1 aliphatic carbocycles. The first-order valence-electron chi connectivity index (χ1n) is 8.67. The van der Waals surface area contributed by atoms with E-state index in [4.69, 9.17) is 18.9 Å². The molecule has 1 aliphatic rings. The van der Waals surface area contributed by atoms with E-state index in [1.165, 1.54) is 7.11 Å². The number of alkyl carbamates (subject to hydrolysis) is 1. The molecular weight excluding hydrogens is 338 g/mol. The Bertz CT molecular complexity index is 577. The molecule has 2 atom stereocenters. The summed E-state index contributed by atoms with van der Waals surface area (Å²) in [5, 5.41) is 2.74. The molecule has 1 N–H and O–H groups in total. The summed E-state index contributed by atoms with van der Waals surface area (Å²) in [7, 11) is 4.54. The van der Waals surface area contributed by atoms with Crippen molar-refractivity contribution in [1.29, 1.82) is 0 Å². The van der Waals surface area contributed by atoms with E-state index in [1.54, 1.807) is 14.2 Å². The summed E-state index contributed by atoms with van der Waals surface area (Å²) in [6.45, 7) is 0.130. The van der Waals surface area contributed by atoms with Crippen molar-refractivity contribution in [1.82, 2.24) is 5.32 Å². The highest BCUT2D eigenvalue weighted by atomic mass is 16.6. The number of carbonyl (C=O) groups is 2. The van der Waals surface area contributed by atoms with Crippen LogP contribution < -0.4 is 5.32 Å². The lowest BCUT2D eigenvalue weighted by molar-refractivity contribution is -0.149. The van der Waals surface area contributed by atoms with Crippen LogP contribution in [0.3, 0.4) is 0 Å². The van der Waals surface area contributed by atoms with E-state index in [2.05, 4.69) is 5.32 Å². The lowest BCUT2D eigenvalue weighted by atomic mass is 9.90. The van der Waals surface area contributed by atoms with Gasteiger partial charge < -0.3 is 24.3 Å². The molecule has 0 spiro atoms. The fourth-order valence-electron chi connectivity index (χ4n) is 3.34. The first-order chi connectivity index (χ1) is 12.5. The SMILES string of the molecule is COC(=O)C1(NC(=O)OCc2ccccc2)CC[C@@H](OC)[C@H](OC)CC1. The van der Waals surface area contributed by atoms with Gasteiger partial charge in [0.25, 0.3) is 0 Å². The molecule has 0 heterocycles. The van der Waals surface area contributed by atoms with Crippen LogP contribution in [0.2, 0.25) is 0 Å². The first-order valence-corrected chi connectivity index (χ1v) is 8.67. The number of benzene rings is 1. The van der Waals surface area contributed by atoms with Gasteiger partial charge in [0.05, 0.1) is 19.3 Å². The van der Waals surface area contributed by atoms with Gasteiger partial charge in [-0.3, -0.25) is 0 Å². The Morgan fingerprint density at radius 3 is 2.12 bits per heavy atom. The maximum absolute atomic E-state index is 12.5. The first kappa shape index (κ1) is 20.2. The molecule has 0 aromatic heterocycles. The molecule has 26 heavy (non-hydrogen) atoms. The van der Waals surface area contributed by atoms with Crippen LogP contribution >= 0.6 is 0 Å². The number of ether oxygens (including phenoxy) is 4. The molecule has 1 fully saturated rings. The van der Waals surface area contributed by atoms with Crippen LogP contribution in [0.1, 0.15) is 31.2 Å². The van der Waals surface area contributed by atoms with Crippen molar-refractivity contribution in [3.05, 3.63) is 35.9 Å². The highest BCUT2D eigenvalue weighted by Gasteiger charge is 2.45. The molecule has 0 aliphatic heterocycles. The predicted octanol–water partition coefficient (Wildman–Crippen LogP) is 2.43. The van der Waals surface area contributed by atoms with E-state index < -0.39 is 17.6 Å². The second kappa shape index (κ2) is 9.54. The Balaban J connectivity index is 2.06. The van der Waals surface area contributed by atoms with Gasteiger partial charge in [-0.1, -0.05) is 30.3 Å². The van der Waals surface area contributed by atoms with Crippen molar-refractivity contribution in [2.75, 3.05) is 21.3 Å². The Morgan fingerprint density at radius 1 is 1.04 bits per heavy atom. The van der Waals surface area contributed by atoms with Crippen LogP contribution in [0.15, 0.2) is 30.3 Å². The third kappa shape index (κ3) is 4.95. The molecule has 7 nitrogen and oxygen atoms in total. The summed E-state index contributed by atoms with van der Waals surface area (Å²) in [6.07, 6.45) is 0.953. The van der Waals surface area contributed by atoms with Crippen LogP contribution in [-0.4, -0.2) is 51.1 Å². The van der Waals surface area contributed by atoms with Crippen LogP contribution in [0.4, 0.5) is 4.79 Å². The molecular formula is C19H27NO6. The Hall–Kier alpha value is -2.12. The number of hydrogen-bond donors (Lipinski definition) is 1. The fourth-order valence-corrected chi connectivity index (χ4v) is 3.34. The second-order valence-electron chi connectivity index (χ2n) is 6.39. The number of hydrogen-bond acceptors (Lipinski definition) is 6. The van der Waals surface area contributed by atoms with Crippen molar-refractivity contribution in [2.45, 2.75) is 50.0 Å². The molecule has 1 amide bonds. The summed E-state index contributed by atoms with van der Waals surface area (Å²) in [4.78, 5) is 24.8. The van der Waals surface area contributed by atoms with Gasteiger partial charge in [-0.2, -0.15) is 0 Å². The van der Waals surface area contributed by atoms with Gasteiger partial charge in [-0.25, -0.2) is 9.59 Å². The van der Waals surface area contributed by atoms with Crippen molar-refractivity contribution >= 4 is 12.1 Å². The zero-order valence-electron chi connectivity index (χ0n) is 15.5. The zero-order valence-corrected chi connectivity index (χ0v) is 15.5. The molecule has 1 aromatic carbocycles. The van der Waals surface area contributed by atoms with Crippen LogP contribution in [-0.2, 0) is 30.3 Å². The molecule has 7 heteroatoms. The highest BCUT2D eigenvalue weighted by molar-refractivity contribution is 5.85. The maximum atomic E-state index is 12.5. The lowest BCUT2D eigenvalue weighted by Gasteiger charge is -2.30. The lowest BCUT2D eigenvalue weighted by Crippen LogP contribution is -2.55. The van der Waals surface area contributed by atoms with Crippen LogP contribution in [0, 0.1) is 0 Å². The molecule has 1 saturated carbocycles. The molecule has 0 bridgehead atoms. The van der Waals surface area contributed by atoms with Crippen molar-refractivity contribution in [2.24, 2.45) is 0 Å². The topological polar surface area (TPSA) is 83.1 Å². The number of amides is 1. The van der Waals surface area contributed by atoms with E-state index in [-0.39, 0.29) is 18.8 Å². The maximum Gasteiger partial charge on any atom is 0.408 e. The van der Waals surface area contributed by atoms with Crippen LogP contribution in [0.25, 0.3) is 0 Å². The normalized spacial score (nSPS) is 22.1. The van der Waals surface area contributed by atoms with Gasteiger partial charge in [0.2, 0.25) is 0 Å². The molecule has 2 rings (SSSR count). The predicted molar refractivity (Wildman–Crippen MR) is 94.6 cm³/mol. The minimum Gasteiger partial charge on any atom is -0.467 e. The monoisotopic (exact) mass is 365 g/mol. The van der Waals surface area contributed by atoms with Crippen LogP contribution in [0.5, 0.6) is 0 Å². The molecule has 144 valence electrons. The van der Waals surface area contributed by atoms with Gasteiger partial charge in [0.1, 0.15) is 12.1 Å². The third-order valence-electron chi connectivity index (χ3n) is 4.86. The summed E-state index contributed by atoms with van der Waals surface area (Å²) in [5.41, 5.74) is -0.276. The fraction of sp³-hybridized carbons (Fsp3) is 0.579. The summed E-state index contributed by atoms with van der Waals surface area (Å²) >= 11 is 0. The number of rotatable bonds is 6. The standard InChI is InChI=1S/C19H27NO6/c1-23-15-9-11-19(17(21)25-3,12-10-16(15)24-2)20-18(22)26-13-14-7-5-4-6-8-14/h4-8,15-16H,9-13H2,1-3H3,(H,20,22)/t15-,16-/m1/s1. The molecule has 0 unspecified atom stereocenters. The smallest absolute Gasteiger partial charge is 0.408 e. The van der Waals surface area contributed by atoms with E-state index in [1.807, 2.05) is 30.3 Å². The van der Waals surface area contributed by atoms with E-state index in [0.717, 1.165) is 5.56 Å². The van der Waals surface area contributed by atoms with Crippen molar-refractivity contribution < 1.29 is 28.5 Å². The third-order valence-corrected chi connectivity index (χ3v) is 4.86. The number of esters is 1. The minimum absolute atomic E-state index is 0.130. The van der Waals surface area contributed by atoms with Gasteiger partial charge in [-0.15, -0.1) is 0 Å². The number of nitrogens with one attached hydrogen (secondary N) is 1. The average Bonchev–Trinajstić information content (AvgIpc) is 2.86. The average molecular weight is 365 g/mol. The van der Waals surface area contributed by atoms with Gasteiger partial charge in [-0.05, 0) is 31.2 Å². The number of carbonyl (C=O) groups excluding carboxylic acids is 2.